The minimum atomic E-state index is 0.0544. The van der Waals surface area contributed by atoms with Crippen LogP contribution < -0.4 is 14.8 Å². The molecular weight excluding hydrogens is 336 g/mol. The summed E-state index contributed by atoms with van der Waals surface area (Å²) in [5.41, 5.74) is 2.04. The van der Waals surface area contributed by atoms with Gasteiger partial charge in [-0.3, -0.25) is 4.79 Å². The van der Waals surface area contributed by atoms with E-state index in [1.165, 1.54) is 4.70 Å². The summed E-state index contributed by atoms with van der Waals surface area (Å²) in [6.07, 6.45) is 2.13. The number of carbonyl (C=O) groups excluding carboxylic acids is 1. The molecule has 0 fully saturated rings. The average molecular weight is 354 g/mol. The zero-order chi connectivity index (χ0) is 17.1. The maximum atomic E-state index is 12.0. The Morgan fingerprint density at radius 2 is 2.04 bits per heavy atom. The quantitative estimate of drug-likeness (QED) is 0.734. The second kappa shape index (κ2) is 7.11. The van der Waals surface area contributed by atoms with Crippen LogP contribution in [0.1, 0.15) is 23.4 Å². The lowest BCUT2D eigenvalue weighted by atomic mass is 10.2. The summed E-state index contributed by atoms with van der Waals surface area (Å²) in [7, 11) is 0. The maximum Gasteiger partial charge on any atom is 0.231 e. The van der Waals surface area contributed by atoms with E-state index in [2.05, 4.69) is 16.4 Å². The molecule has 0 saturated heterocycles. The van der Waals surface area contributed by atoms with Gasteiger partial charge in [0.1, 0.15) is 0 Å². The van der Waals surface area contributed by atoms with E-state index in [-0.39, 0.29) is 12.7 Å². The van der Waals surface area contributed by atoms with Gasteiger partial charge in [-0.1, -0.05) is 18.2 Å². The van der Waals surface area contributed by atoms with Crippen molar-refractivity contribution in [3.05, 3.63) is 53.0 Å². The smallest absolute Gasteiger partial charge is 0.231 e. The first-order chi connectivity index (χ1) is 12.3. The van der Waals surface area contributed by atoms with E-state index in [1.807, 2.05) is 36.4 Å². The fourth-order valence-corrected chi connectivity index (χ4v) is 3.78. The summed E-state index contributed by atoms with van der Waals surface area (Å²) in [5, 5.41) is 4.04. The molecule has 2 aromatic carbocycles. The maximum absolute atomic E-state index is 12.0. The summed E-state index contributed by atoms with van der Waals surface area (Å²) in [4.78, 5) is 16.6. The number of fused-ring (bicyclic) bond motifs is 2. The topological polar surface area (TPSA) is 60.5 Å². The van der Waals surface area contributed by atoms with Crippen LogP contribution in [0.25, 0.3) is 10.2 Å². The molecule has 1 amide bonds. The van der Waals surface area contributed by atoms with Gasteiger partial charge < -0.3 is 14.8 Å². The van der Waals surface area contributed by atoms with Crippen LogP contribution in [0.3, 0.4) is 0 Å². The summed E-state index contributed by atoms with van der Waals surface area (Å²) >= 11 is 1.70. The third kappa shape index (κ3) is 3.74. The van der Waals surface area contributed by atoms with Crippen molar-refractivity contribution >= 4 is 27.5 Å². The second-order valence-corrected chi connectivity index (χ2v) is 7.01. The summed E-state index contributed by atoms with van der Waals surface area (Å²) in [6.45, 7) is 0.757. The molecule has 6 heteroatoms. The normalized spacial score (nSPS) is 12.5. The highest BCUT2D eigenvalue weighted by Gasteiger charge is 2.13. The van der Waals surface area contributed by atoms with Crippen molar-refractivity contribution in [2.75, 3.05) is 6.79 Å². The van der Waals surface area contributed by atoms with Crippen molar-refractivity contribution in [2.24, 2.45) is 0 Å². The molecule has 0 atom stereocenters. The van der Waals surface area contributed by atoms with E-state index in [0.29, 0.717) is 13.0 Å². The summed E-state index contributed by atoms with van der Waals surface area (Å²) in [5.74, 6) is 1.55. The highest BCUT2D eigenvalue weighted by atomic mass is 32.1. The van der Waals surface area contributed by atoms with Gasteiger partial charge in [0.05, 0.1) is 15.2 Å². The van der Waals surface area contributed by atoms with Crippen LogP contribution in [0.5, 0.6) is 11.5 Å². The monoisotopic (exact) mass is 354 g/mol. The fourth-order valence-electron chi connectivity index (χ4n) is 2.77. The molecule has 1 aliphatic heterocycles. The average Bonchev–Trinajstić information content (AvgIpc) is 3.25. The molecule has 0 bridgehead atoms. The molecule has 0 unspecified atom stereocenters. The standard InChI is InChI=1S/C19H18N2O3S/c22-18(20-11-13-8-9-15-16(10-13)24-12-23-15)6-3-7-19-21-14-4-1-2-5-17(14)25-19/h1-2,4-5,8-10H,3,6-7,11-12H2,(H,20,22). The zero-order valence-electron chi connectivity index (χ0n) is 13.7. The lowest BCUT2D eigenvalue weighted by molar-refractivity contribution is -0.121. The van der Waals surface area contributed by atoms with Gasteiger partial charge in [0.2, 0.25) is 12.7 Å². The number of nitrogens with one attached hydrogen (secondary N) is 1. The van der Waals surface area contributed by atoms with Gasteiger partial charge >= 0.3 is 0 Å². The lowest BCUT2D eigenvalue weighted by Crippen LogP contribution is -2.22. The van der Waals surface area contributed by atoms with Crippen LogP contribution in [-0.4, -0.2) is 17.7 Å². The Morgan fingerprint density at radius 1 is 1.16 bits per heavy atom. The lowest BCUT2D eigenvalue weighted by Gasteiger charge is -2.06. The van der Waals surface area contributed by atoms with E-state index >= 15 is 0 Å². The van der Waals surface area contributed by atoms with Crippen LogP contribution >= 0.6 is 11.3 Å². The minimum absolute atomic E-state index is 0.0544. The molecule has 3 aromatic rings. The number of hydrogen-bond donors (Lipinski definition) is 1. The van der Waals surface area contributed by atoms with Gasteiger partial charge in [0.15, 0.2) is 11.5 Å². The number of amides is 1. The predicted octanol–water partition coefficient (Wildman–Crippen LogP) is 3.66. The number of aromatic nitrogens is 1. The Balaban J connectivity index is 1.24. The number of thiazole rings is 1. The van der Waals surface area contributed by atoms with Gasteiger partial charge in [-0.15, -0.1) is 11.3 Å². The number of para-hydroxylation sites is 1. The molecule has 25 heavy (non-hydrogen) atoms. The largest absolute Gasteiger partial charge is 0.454 e. The van der Waals surface area contributed by atoms with Crippen molar-refractivity contribution in [2.45, 2.75) is 25.8 Å². The molecule has 4 rings (SSSR count). The van der Waals surface area contributed by atoms with Gasteiger partial charge in [0.25, 0.3) is 0 Å². The van der Waals surface area contributed by atoms with E-state index in [4.69, 9.17) is 9.47 Å². The number of ether oxygens (including phenoxy) is 2. The fraction of sp³-hybridized carbons (Fsp3) is 0.263. The summed E-state index contributed by atoms with van der Waals surface area (Å²) < 4.78 is 11.8. The Labute approximate surface area is 149 Å². The van der Waals surface area contributed by atoms with E-state index < -0.39 is 0 Å². The molecule has 1 aromatic heterocycles. The Hall–Kier alpha value is -2.60. The van der Waals surface area contributed by atoms with E-state index in [0.717, 1.165) is 40.4 Å². The minimum Gasteiger partial charge on any atom is -0.454 e. The van der Waals surface area contributed by atoms with Crippen molar-refractivity contribution in [1.82, 2.24) is 10.3 Å². The Morgan fingerprint density at radius 3 is 2.96 bits per heavy atom. The molecule has 1 N–H and O–H groups in total. The van der Waals surface area contributed by atoms with Crippen molar-refractivity contribution in [3.8, 4) is 11.5 Å². The molecule has 0 spiro atoms. The van der Waals surface area contributed by atoms with Crippen LogP contribution in [0, 0.1) is 0 Å². The third-order valence-electron chi connectivity index (χ3n) is 4.06. The highest BCUT2D eigenvalue weighted by Crippen LogP contribution is 2.32. The highest BCUT2D eigenvalue weighted by molar-refractivity contribution is 7.18. The molecule has 0 radical (unpaired) electrons. The van der Waals surface area contributed by atoms with E-state index in [9.17, 15) is 4.79 Å². The van der Waals surface area contributed by atoms with Crippen molar-refractivity contribution in [1.29, 1.82) is 0 Å². The summed E-state index contributed by atoms with van der Waals surface area (Å²) in [6, 6.07) is 13.8. The van der Waals surface area contributed by atoms with Gasteiger partial charge in [-0.05, 0) is 42.7 Å². The van der Waals surface area contributed by atoms with E-state index in [1.54, 1.807) is 11.3 Å². The molecule has 2 heterocycles. The SMILES string of the molecule is O=C(CCCc1nc2ccccc2s1)NCc1ccc2c(c1)OCO2. The second-order valence-electron chi connectivity index (χ2n) is 5.89. The first-order valence-corrected chi connectivity index (χ1v) is 9.09. The molecule has 0 aliphatic carbocycles. The first kappa shape index (κ1) is 15.9. The Bertz CT molecular complexity index is 874. The Kier molecular flexibility index (Phi) is 4.52. The first-order valence-electron chi connectivity index (χ1n) is 8.27. The van der Waals surface area contributed by atoms with Crippen LogP contribution in [-0.2, 0) is 17.8 Å². The number of benzene rings is 2. The number of aryl methyl sites for hydroxylation is 1. The van der Waals surface area contributed by atoms with Crippen molar-refractivity contribution in [3.63, 3.8) is 0 Å². The molecule has 0 saturated carbocycles. The number of nitrogens with zero attached hydrogens (tertiary/aromatic N) is 1. The van der Waals surface area contributed by atoms with Gasteiger partial charge in [-0.25, -0.2) is 4.98 Å². The molecular formula is C19H18N2O3S. The van der Waals surface area contributed by atoms with Gasteiger partial charge in [-0.2, -0.15) is 0 Å². The molecule has 5 nitrogen and oxygen atoms in total. The number of hydrogen-bond acceptors (Lipinski definition) is 5. The molecule has 1 aliphatic rings. The number of carbonyl (C=O) groups is 1. The van der Waals surface area contributed by atoms with Crippen LogP contribution in [0.2, 0.25) is 0 Å². The van der Waals surface area contributed by atoms with Gasteiger partial charge in [0, 0.05) is 13.0 Å². The third-order valence-corrected chi connectivity index (χ3v) is 5.16. The molecule has 128 valence electrons. The van der Waals surface area contributed by atoms with Crippen LogP contribution in [0.4, 0.5) is 0 Å². The predicted molar refractivity (Wildman–Crippen MR) is 97.0 cm³/mol. The number of rotatable bonds is 6. The van der Waals surface area contributed by atoms with Crippen molar-refractivity contribution < 1.29 is 14.3 Å². The van der Waals surface area contributed by atoms with Crippen LogP contribution in [0.15, 0.2) is 42.5 Å². The zero-order valence-corrected chi connectivity index (χ0v) is 14.5.